The Balaban J connectivity index is 1.47. The average Bonchev–Trinajstić information content (AvgIpc) is 3.31. The summed E-state index contributed by atoms with van der Waals surface area (Å²) in [5.74, 6) is 0.140. The third-order valence-electron chi connectivity index (χ3n) is 5.81. The molecule has 0 amide bonds. The zero-order valence-corrected chi connectivity index (χ0v) is 21.0. The van der Waals surface area contributed by atoms with Gasteiger partial charge in [-0.1, -0.05) is 30.3 Å². The van der Waals surface area contributed by atoms with Crippen LogP contribution in [0, 0.1) is 12.7 Å². The van der Waals surface area contributed by atoms with Gasteiger partial charge in [0.15, 0.2) is 23.1 Å². The molecule has 0 saturated carbocycles. The lowest BCUT2D eigenvalue weighted by molar-refractivity contribution is -0.143. The van der Waals surface area contributed by atoms with Crippen molar-refractivity contribution in [2.75, 3.05) is 13.2 Å². The smallest absolute Gasteiger partial charge is 0.309 e. The molecule has 5 rings (SSSR count). The maximum Gasteiger partial charge on any atom is 0.309 e. The molecule has 8 nitrogen and oxygen atoms in total. The summed E-state index contributed by atoms with van der Waals surface area (Å²) in [5.41, 5.74) is 3.02. The lowest BCUT2D eigenvalue weighted by Gasteiger charge is -2.15. The van der Waals surface area contributed by atoms with Gasteiger partial charge in [0.1, 0.15) is 12.9 Å². The molecule has 0 fully saturated rings. The number of aromatic amines is 1. The van der Waals surface area contributed by atoms with Crippen LogP contribution in [0.3, 0.4) is 0 Å². The standard InChI is InChI=1S/C29H26FN3O5/c1-3-35-27(34)11-12-36-25-14-21-23(15-26(25)37-16-19-7-5-4-6-8-19)31-17-32-29(21)38-24-10-9-22-20(28(24)30)13-18(2)33-22/h4-10,13-15,17,33H,3,11-12,16H2,1-2H3. The second-order valence-corrected chi connectivity index (χ2v) is 8.57. The van der Waals surface area contributed by atoms with Crippen molar-refractivity contribution < 1.29 is 28.1 Å². The number of halogens is 1. The van der Waals surface area contributed by atoms with Gasteiger partial charge in [-0.15, -0.1) is 0 Å². The third kappa shape index (κ3) is 5.51. The third-order valence-corrected chi connectivity index (χ3v) is 5.81. The Kier molecular flexibility index (Phi) is 7.35. The first-order chi connectivity index (χ1) is 18.5. The first-order valence-corrected chi connectivity index (χ1v) is 12.2. The Bertz CT molecular complexity index is 1590. The highest BCUT2D eigenvalue weighted by Gasteiger charge is 2.17. The number of nitrogens with one attached hydrogen (secondary N) is 1. The fourth-order valence-corrected chi connectivity index (χ4v) is 4.03. The molecule has 0 unspecified atom stereocenters. The minimum Gasteiger partial charge on any atom is -0.489 e. The van der Waals surface area contributed by atoms with Crippen molar-refractivity contribution in [2.24, 2.45) is 0 Å². The molecule has 0 spiro atoms. The number of aryl methyl sites for hydroxylation is 1. The van der Waals surface area contributed by atoms with E-state index in [0.717, 1.165) is 11.3 Å². The molecule has 0 atom stereocenters. The van der Waals surface area contributed by atoms with Crippen LogP contribution in [-0.2, 0) is 16.1 Å². The molecule has 9 heteroatoms. The van der Waals surface area contributed by atoms with Crippen molar-refractivity contribution in [1.82, 2.24) is 15.0 Å². The lowest BCUT2D eigenvalue weighted by Crippen LogP contribution is -2.10. The SMILES string of the molecule is CCOC(=O)CCOc1cc2c(Oc3ccc4[nH]c(C)cc4c3F)ncnc2cc1OCc1ccccc1. The van der Waals surface area contributed by atoms with Crippen molar-refractivity contribution in [3.05, 3.63) is 84.1 Å². The molecule has 1 N–H and O–H groups in total. The molecule has 0 aliphatic rings. The van der Waals surface area contributed by atoms with Crippen molar-refractivity contribution >= 4 is 27.8 Å². The molecule has 0 aliphatic heterocycles. The number of carbonyl (C=O) groups is 1. The Morgan fingerprint density at radius 2 is 1.76 bits per heavy atom. The quantitative estimate of drug-likeness (QED) is 0.219. The number of ether oxygens (including phenoxy) is 4. The van der Waals surface area contributed by atoms with E-state index in [9.17, 15) is 4.79 Å². The minimum absolute atomic E-state index is 0.0330. The number of aromatic nitrogens is 3. The summed E-state index contributed by atoms with van der Waals surface area (Å²) < 4.78 is 38.1. The fraction of sp³-hybridized carbons (Fsp3) is 0.207. The molecule has 2 aromatic heterocycles. The van der Waals surface area contributed by atoms with Crippen molar-refractivity contribution in [3.8, 4) is 23.1 Å². The largest absolute Gasteiger partial charge is 0.489 e. The van der Waals surface area contributed by atoms with E-state index < -0.39 is 5.82 Å². The monoisotopic (exact) mass is 515 g/mol. The maximum absolute atomic E-state index is 15.2. The highest BCUT2D eigenvalue weighted by atomic mass is 19.1. The van der Waals surface area contributed by atoms with Gasteiger partial charge >= 0.3 is 5.97 Å². The number of hydrogen-bond acceptors (Lipinski definition) is 7. The van der Waals surface area contributed by atoms with Crippen molar-refractivity contribution in [3.63, 3.8) is 0 Å². The summed E-state index contributed by atoms with van der Waals surface area (Å²) in [6, 6.07) is 18.1. The Labute approximate surface area is 218 Å². The molecule has 0 bridgehead atoms. The summed E-state index contributed by atoms with van der Waals surface area (Å²) in [4.78, 5) is 23.5. The van der Waals surface area contributed by atoms with Crippen LogP contribution in [-0.4, -0.2) is 34.1 Å². The zero-order chi connectivity index (χ0) is 26.5. The number of nitrogens with zero attached hydrogens (tertiary/aromatic N) is 2. The number of H-pyrrole nitrogens is 1. The topological polar surface area (TPSA) is 95.6 Å². The number of carbonyl (C=O) groups excluding carboxylic acids is 1. The van der Waals surface area contributed by atoms with Crippen LogP contribution in [0.5, 0.6) is 23.1 Å². The molecule has 5 aromatic rings. The maximum atomic E-state index is 15.2. The van der Waals surface area contributed by atoms with E-state index in [1.165, 1.54) is 6.33 Å². The average molecular weight is 516 g/mol. The van der Waals surface area contributed by atoms with Gasteiger partial charge in [0, 0.05) is 22.7 Å². The van der Waals surface area contributed by atoms with Gasteiger partial charge < -0.3 is 23.9 Å². The van der Waals surface area contributed by atoms with Gasteiger partial charge in [-0.05, 0) is 43.7 Å². The molecule has 2 heterocycles. The first-order valence-electron chi connectivity index (χ1n) is 12.2. The predicted molar refractivity (Wildman–Crippen MR) is 140 cm³/mol. The van der Waals surface area contributed by atoms with E-state index in [2.05, 4.69) is 15.0 Å². The van der Waals surface area contributed by atoms with Crippen LogP contribution in [0.1, 0.15) is 24.6 Å². The molecule has 0 aliphatic carbocycles. The van der Waals surface area contributed by atoms with Gasteiger partial charge in [-0.3, -0.25) is 4.79 Å². The first kappa shape index (κ1) is 25.0. The van der Waals surface area contributed by atoms with Crippen LogP contribution < -0.4 is 14.2 Å². The molecule has 0 radical (unpaired) electrons. The number of fused-ring (bicyclic) bond motifs is 2. The molecule has 0 saturated heterocycles. The Morgan fingerprint density at radius 1 is 0.947 bits per heavy atom. The van der Waals surface area contributed by atoms with E-state index in [4.69, 9.17) is 18.9 Å². The van der Waals surface area contributed by atoms with Gasteiger partial charge in [0.05, 0.1) is 30.5 Å². The summed E-state index contributed by atoms with van der Waals surface area (Å²) in [6.45, 7) is 4.28. The van der Waals surface area contributed by atoms with Crippen molar-refractivity contribution in [2.45, 2.75) is 26.9 Å². The highest BCUT2D eigenvalue weighted by molar-refractivity contribution is 5.87. The molecule has 194 valence electrons. The van der Waals surface area contributed by atoms with Gasteiger partial charge in [0.25, 0.3) is 0 Å². The number of rotatable bonds is 10. The van der Waals surface area contributed by atoms with Crippen LogP contribution in [0.25, 0.3) is 21.8 Å². The summed E-state index contributed by atoms with van der Waals surface area (Å²) in [5, 5.41) is 0.924. The van der Waals surface area contributed by atoms with Crippen LogP contribution in [0.15, 0.2) is 67.0 Å². The predicted octanol–water partition coefficient (Wildman–Crippen LogP) is 6.26. The number of hydrogen-bond donors (Lipinski definition) is 1. The second-order valence-electron chi connectivity index (χ2n) is 8.57. The van der Waals surface area contributed by atoms with Crippen LogP contribution >= 0.6 is 0 Å². The number of benzene rings is 3. The molecule has 3 aromatic carbocycles. The molecular formula is C29H26FN3O5. The van der Waals surface area contributed by atoms with Crippen LogP contribution in [0.4, 0.5) is 4.39 Å². The summed E-state index contributed by atoms with van der Waals surface area (Å²) in [6.07, 6.45) is 1.41. The van der Waals surface area contributed by atoms with E-state index >= 15 is 4.39 Å². The zero-order valence-electron chi connectivity index (χ0n) is 21.0. The summed E-state index contributed by atoms with van der Waals surface area (Å²) in [7, 11) is 0. The van der Waals surface area contributed by atoms with Gasteiger partial charge in [-0.2, -0.15) is 0 Å². The van der Waals surface area contributed by atoms with Crippen LogP contribution in [0.2, 0.25) is 0 Å². The lowest BCUT2D eigenvalue weighted by atomic mass is 10.2. The highest BCUT2D eigenvalue weighted by Crippen LogP contribution is 2.38. The van der Waals surface area contributed by atoms with Gasteiger partial charge in [0.2, 0.25) is 5.88 Å². The Morgan fingerprint density at radius 3 is 2.58 bits per heavy atom. The second kappa shape index (κ2) is 11.2. The van der Waals surface area contributed by atoms with E-state index in [-0.39, 0.29) is 30.6 Å². The number of esters is 1. The van der Waals surface area contributed by atoms with E-state index in [1.807, 2.05) is 37.3 Å². The Hall–Kier alpha value is -4.66. The van der Waals surface area contributed by atoms with Crippen molar-refractivity contribution in [1.29, 1.82) is 0 Å². The van der Waals surface area contributed by atoms with Gasteiger partial charge in [-0.25, -0.2) is 14.4 Å². The van der Waals surface area contributed by atoms with E-state index in [1.54, 1.807) is 37.3 Å². The minimum atomic E-state index is -0.493. The summed E-state index contributed by atoms with van der Waals surface area (Å²) >= 11 is 0. The fourth-order valence-electron chi connectivity index (χ4n) is 4.03. The molecular weight excluding hydrogens is 489 g/mol. The van der Waals surface area contributed by atoms with E-state index in [0.29, 0.717) is 46.5 Å². The molecule has 38 heavy (non-hydrogen) atoms. The normalized spacial score (nSPS) is 11.0.